The van der Waals surface area contributed by atoms with Gasteiger partial charge in [-0.2, -0.15) is 13.2 Å². The number of alkyl halides is 3. The third-order valence-corrected chi connectivity index (χ3v) is 1.48. The van der Waals surface area contributed by atoms with Gasteiger partial charge in [0.15, 0.2) is 0 Å². The van der Waals surface area contributed by atoms with E-state index in [0.717, 1.165) is 0 Å². The quantitative estimate of drug-likeness (QED) is 0.786. The lowest BCUT2D eigenvalue weighted by Gasteiger charge is -2.09. The number of benzene rings is 1. The maximum Gasteiger partial charge on any atom is 0.405 e. The Labute approximate surface area is 84.3 Å². The van der Waals surface area contributed by atoms with Gasteiger partial charge >= 0.3 is 12.2 Å². The molecule has 6 heteroatoms. The topological polar surface area (TPSA) is 41.1 Å². The summed E-state index contributed by atoms with van der Waals surface area (Å²) >= 11 is 0. The minimum Gasteiger partial charge on any atom is -0.329 e. The Morgan fingerprint density at radius 3 is 2.33 bits per heavy atom. The lowest BCUT2D eigenvalue weighted by atomic mass is 10.3. The van der Waals surface area contributed by atoms with Crippen LogP contribution in [0, 0.1) is 0 Å². The fraction of sp³-hybridized carbons (Fsp3) is 0.222. The number of nitrogens with one attached hydrogen (secondary N) is 2. The molecule has 2 N–H and O–H groups in total. The zero-order valence-corrected chi connectivity index (χ0v) is 7.64. The number of urea groups is 1. The summed E-state index contributed by atoms with van der Waals surface area (Å²) in [6, 6.07) is 7.34. The minimum atomic E-state index is -4.39. The molecule has 1 rings (SSSR count). The van der Waals surface area contributed by atoms with Gasteiger partial charge in [-0.05, 0) is 12.1 Å². The molecule has 0 atom stereocenters. The number of rotatable bonds is 2. The van der Waals surface area contributed by atoms with Crippen molar-refractivity contribution >= 4 is 11.7 Å². The smallest absolute Gasteiger partial charge is 0.329 e. The molecule has 0 saturated heterocycles. The van der Waals surface area contributed by atoms with Crippen molar-refractivity contribution in [2.45, 2.75) is 6.18 Å². The maximum absolute atomic E-state index is 11.7. The van der Waals surface area contributed by atoms with Gasteiger partial charge in [-0.3, -0.25) is 0 Å². The van der Waals surface area contributed by atoms with Crippen molar-refractivity contribution in [2.75, 3.05) is 11.9 Å². The maximum atomic E-state index is 11.7. The molecule has 2 amide bonds. The highest BCUT2D eigenvalue weighted by Gasteiger charge is 2.27. The zero-order valence-electron chi connectivity index (χ0n) is 7.64. The largest absolute Gasteiger partial charge is 0.405 e. The van der Waals surface area contributed by atoms with Crippen LogP contribution in [0.4, 0.5) is 23.7 Å². The van der Waals surface area contributed by atoms with Crippen LogP contribution in [0.2, 0.25) is 0 Å². The number of amides is 2. The lowest BCUT2D eigenvalue weighted by molar-refractivity contribution is -0.122. The Hall–Kier alpha value is -1.72. The molecule has 0 aliphatic heterocycles. The SMILES string of the molecule is O=C(NCC(F)(F)F)Nc1ccccc1. The Kier molecular flexibility index (Phi) is 3.54. The van der Waals surface area contributed by atoms with Crippen LogP contribution in [0.5, 0.6) is 0 Å². The molecule has 0 radical (unpaired) electrons. The van der Waals surface area contributed by atoms with E-state index in [1.54, 1.807) is 35.6 Å². The molecule has 0 fully saturated rings. The first-order chi connectivity index (χ1) is 6.97. The van der Waals surface area contributed by atoms with Gasteiger partial charge in [0.2, 0.25) is 0 Å². The Bertz CT molecular complexity index is 324. The zero-order chi connectivity index (χ0) is 11.3. The summed E-state index contributed by atoms with van der Waals surface area (Å²) in [5.74, 6) is 0. The molecule has 3 nitrogen and oxygen atoms in total. The molecule has 1 aromatic rings. The molecule has 0 unspecified atom stereocenters. The van der Waals surface area contributed by atoms with Crippen molar-refractivity contribution in [2.24, 2.45) is 0 Å². The third kappa shape index (κ3) is 4.90. The van der Waals surface area contributed by atoms with Gasteiger partial charge < -0.3 is 10.6 Å². The molecular weight excluding hydrogens is 209 g/mol. The summed E-state index contributed by atoms with van der Waals surface area (Å²) < 4.78 is 35.1. The standard InChI is InChI=1S/C9H9F3N2O/c10-9(11,12)6-13-8(15)14-7-4-2-1-3-5-7/h1-5H,6H2,(H2,13,14,15). The van der Waals surface area contributed by atoms with E-state index in [0.29, 0.717) is 5.69 Å². The van der Waals surface area contributed by atoms with Crippen LogP contribution < -0.4 is 10.6 Å². The predicted molar refractivity (Wildman–Crippen MR) is 49.5 cm³/mol. The van der Waals surface area contributed by atoms with Crippen LogP contribution in [-0.2, 0) is 0 Å². The summed E-state index contributed by atoms with van der Waals surface area (Å²) in [6.07, 6.45) is -4.39. The second kappa shape index (κ2) is 4.68. The van der Waals surface area contributed by atoms with Crippen LogP contribution in [0.15, 0.2) is 30.3 Å². The van der Waals surface area contributed by atoms with Gasteiger partial charge in [-0.25, -0.2) is 4.79 Å². The van der Waals surface area contributed by atoms with Gasteiger partial charge in [0.1, 0.15) is 6.54 Å². The Morgan fingerprint density at radius 2 is 1.80 bits per heavy atom. The number of halogens is 3. The normalized spacial score (nSPS) is 10.9. The van der Waals surface area contributed by atoms with Crippen LogP contribution in [0.25, 0.3) is 0 Å². The number of carbonyl (C=O) groups is 1. The monoisotopic (exact) mass is 218 g/mol. The van der Waals surface area contributed by atoms with Crippen LogP contribution in [0.3, 0.4) is 0 Å². The summed E-state index contributed by atoms with van der Waals surface area (Å²) in [7, 11) is 0. The van der Waals surface area contributed by atoms with Crippen molar-refractivity contribution in [1.82, 2.24) is 5.32 Å². The van der Waals surface area contributed by atoms with E-state index < -0.39 is 18.8 Å². The molecule has 82 valence electrons. The highest BCUT2D eigenvalue weighted by Crippen LogP contribution is 2.12. The molecule has 15 heavy (non-hydrogen) atoms. The molecule has 0 heterocycles. The van der Waals surface area contributed by atoms with E-state index in [4.69, 9.17) is 0 Å². The van der Waals surface area contributed by atoms with Crippen molar-refractivity contribution in [3.05, 3.63) is 30.3 Å². The van der Waals surface area contributed by atoms with Crippen molar-refractivity contribution in [3.63, 3.8) is 0 Å². The van der Waals surface area contributed by atoms with E-state index in [1.165, 1.54) is 0 Å². The molecule has 0 bridgehead atoms. The first kappa shape index (κ1) is 11.4. The summed E-state index contributed by atoms with van der Waals surface area (Å²) in [5.41, 5.74) is 0.442. The van der Waals surface area contributed by atoms with E-state index in [-0.39, 0.29) is 0 Å². The van der Waals surface area contributed by atoms with Gasteiger partial charge in [0.05, 0.1) is 0 Å². The number of anilines is 1. The lowest BCUT2D eigenvalue weighted by Crippen LogP contribution is -2.36. The Balaban J connectivity index is 2.38. The molecule has 0 saturated carbocycles. The van der Waals surface area contributed by atoms with Crippen LogP contribution >= 0.6 is 0 Å². The van der Waals surface area contributed by atoms with Crippen molar-refractivity contribution < 1.29 is 18.0 Å². The minimum absolute atomic E-state index is 0.442. The molecule has 1 aromatic carbocycles. The summed E-state index contributed by atoms with van der Waals surface area (Å²) in [4.78, 5) is 10.9. The highest BCUT2D eigenvalue weighted by molar-refractivity contribution is 5.89. The van der Waals surface area contributed by atoms with Gasteiger partial charge in [-0.1, -0.05) is 18.2 Å². The van der Waals surface area contributed by atoms with Gasteiger partial charge in [0, 0.05) is 5.69 Å². The number of para-hydroxylation sites is 1. The summed E-state index contributed by atoms with van der Waals surface area (Å²) in [6.45, 7) is -1.34. The van der Waals surface area contributed by atoms with E-state index >= 15 is 0 Å². The molecule has 0 aromatic heterocycles. The van der Waals surface area contributed by atoms with Gasteiger partial charge in [0.25, 0.3) is 0 Å². The molecule has 0 spiro atoms. The second-order valence-corrected chi connectivity index (χ2v) is 2.79. The average molecular weight is 218 g/mol. The number of carbonyl (C=O) groups excluding carboxylic acids is 1. The molecule has 0 aliphatic carbocycles. The van der Waals surface area contributed by atoms with Crippen LogP contribution in [-0.4, -0.2) is 18.8 Å². The third-order valence-electron chi connectivity index (χ3n) is 1.48. The number of hydrogen-bond donors (Lipinski definition) is 2. The van der Waals surface area contributed by atoms with E-state index in [1.807, 2.05) is 0 Å². The highest BCUT2D eigenvalue weighted by atomic mass is 19.4. The fourth-order valence-electron chi connectivity index (χ4n) is 0.877. The molecular formula is C9H9F3N2O. The van der Waals surface area contributed by atoms with Crippen LogP contribution in [0.1, 0.15) is 0 Å². The predicted octanol–water partition coefficient (Wildman–Crippen LogP) is 2.37. The Morgan fingerprint density at radius 1 is 1.20 bits per heavy atom. The average Bonchev–Trinajstić information content (AvgIpc) is 2.15. The van der Waals surface area contributed by atoms with E-state index in [2.05, 4.69) is 5.32 Å². The van der Waals surface area contributed by atoms with Crippen molar-refractivity contribution in [3.8, 4) is 0 Å². The summed E-state index contributed by atoms with van der Waals surface area (Å²) in [5, 5.41) is 3.96. The molecule has 0 aliphatic rings. The first-order valence-corrected chi connectivity index (χ1v) is 4.14. The van der Waals surface area contributed by atoms with E-state index in [9.17, 15) is 18.0 Å². The first-order valence-electron chi connectivity index (χ1n) is 4.14. The van der Waals surface area contributed by atoms with Crippen molar-refractivity contribution in [1.29, 1.82) is 0 Å². The fourth-order valence-corrected chi connectivity index (χ4v) is 0.877. The second-order valence-electron chi connectivity index (χ2n) is 2.79. The van der Waals surface area contributed by atoms with Gasteiger partial charge in [-0.15, -0.1) is 0 Å². The number of hydrogen-bond acceptors (Lipinski definition) is 1.